The molecule has 41 heavy (non-hydrogen) atoms. The first-order valence-electron chi connectivity index (χ1n) is 13.7. The van der Waals surface area contributed by atoms with E-state index < -0.39 is 17.5 Å². The van der Waals surface area contributed by atoms with Crippen LogP contribution in [-0.4, -0.2) is 41.0 Å². The second-order valence-corrected chi connectivity index (χ2v) is 11.5. The predicted molar refractivity (Wildman–Crippen MR) is 158 cm³/mol. The van der Waals surface area contributed by atoms with Crippen LogP contribution in [0.5, 0.6) is 11.5 Å². The van der Waals surface area contributed by atoms with Gasteiger partial charge in [0.15, 0.2) is 11.6 Å². The number of ether oxygens (including phenoxy) is 3. The number of fused-ring (bicyclic) bond motifs is 3. The van der Waals surface area contributed by atoms with Crippen LogP contribution < -0.4 is 20.3 Å². The van der Waals surface area contributed by atoms with Gasteiger partial charge >= 0.3 is 6.09 Å². The molecule has 0 bridgehead atoms. The Bertz CT molecular complexity index is 1610. The molecule has 0 aliphatic heterocycles. The van der Waals surface area contributed by atoms with Gasteiger partial charge in [0.2, 0.25) is 0 Å². The van der Waals surface area contributed by atoms with E-state index in [1.54, 1.807) is 50.6 Å². The fourth-order valence-electron chi connectivity index (χ4n) is 4.97. The van der Waals surface area contributed by atoms with E-state index in [0.717, 1.165) is 5.56 Å². The molecule has 2 heterocycles. The molecule has 2 aromatic heterocycles. The number of rotatable bonds is 9. The normalized spacial score (nSPS) is 13.2. The molecule has 4 aromatic rings. The number of nitrogens with one attached hydrogen (secondary N) is 1. The van der Waals surface area contributed by atoms with Crippen molar-refractivity contribution in [2.45, 2.75) is 66.2 Å². The maximum Gasteiger partial charge on any atom is 0.407 e. The molecule has 0 saturated heterocycles. The molecular weight excluding hydrogens is 525 g/mol. The number of pyridine rings is 2. The van der Waals surface area contributed by atoms with Gasteiger partial charge in [-0.15, -0.1) is 0 Å². The third-order valence-corrected chi connectivity index (χ3v) is 6.78. The Morgan fingerprint density at radius 2 is 1.78 bits per heavy atom. The van der Waals surface area contributed by atoms with Crippen LogP contribution in [0, 0.1) is 18.7 Å². The molecule has 2 aromatic carbocycles. The third kappa shape index (κ3) is 6.96. The highest BCUT2D eigenvalue weighted by Crippen LogP contribution is 2.32. The summed E-state index contributed by atoms with van der Waals surface area (Å²) >= 11 is 0. The number of benzene rings is 2. The van der Waals surface area contributed by atoms with Gasteiger partial charge in [0.05, 0.1) is 36.9 Å². The van der Waals surface area contributed by atoms with Crippen molar-refractivity contribution >= 4 is 27.8 Å². The number of carbonyl (C=O) groups is 1. The summed E-state index contributed by atoms with van der Waals surface area (Å²) in [6.45, 7) is 11.4. The van der Waals surface area contributed by atoms with E-state index >= 15 is 4.39 Å². The molecule has 9 heteroatoms. The molecule has 0 aliphatic carbocycles. The number of amides is 1. The maximum atomic E-state index is 16.2. The molecule has 1 N–H and O–H groups in total. The number of aromatic nitrogens is 2. The molecule has 0 radical (unpaired) electrons. The molecule has 4 rings (SSSR count). The van der Waals surface area contributed by atoms with Crippen LogP contribution in [0.1, 0.15) is 52.3 Å². The van der Waals surface area contributed by atoms with Crippen molar-refractivity contribution in [3.8, 4) is 11.5 Å². The molecule has 0 fully saturated rings. The van der Waals surface area contributed by atoms with E-state index in [1.807, 2.05) is 46.8 Å². The molecule has 0 saturated carbocycles. The van der Waals surface area contributed by atoms with Gasteiger partial charge in [0.1, 0.15) is 11.4 Å². The zero-order chi connectivity index (χ0) is 29.9. The van der Waals surface area contributed by atoms with E-state index in [2.05, 4.69) is 10.3 Å². The number of alkyl carbamates (subject to hydrolysis) is 1. The minimum absolute atomic E-state index is 0.00172. The van der Waals surface area contributed by atoms with Gasteiger partial charge in [-0.3, -0.25) is 9.78 Å². The summed E-state index contributed by atoms with van der Waals surface area (Å²) in [5.41, 5.74) is 0.679. The summed E-state index contributed by atoms with van der Waals surface area (Å²) in [4.78, 5) is 30.2. The fraction of sp³-hybridized carbons (Fsp3) is 0.406. The van der Waals surface area contributed by atoms with Crippen LogP contribution in [0.2, 0.25) is 0 Å². The Balaban J connectivity index is 1.63. The van der Waals surface area contributed by atoms with Crippen LogP contribution in [0.3, 0.4) is 0 Å². The highest BCUT2D eigenvalue weighted by atomic mass is 19.1. The summed E-state index contributed by atoms with van der Waals surface area (Å²) < 4.78 is 34.2. The summed E-state index contributed by atoms with van der Waals surface area (Å²) in [5.74, 6) is 0.152. The number of methoxy groups -OCH3 is 1. The predicted octanol–water partition coefficient (Wildman–Crippen LogP) is 6.37. The second kappa shape index (κ2) is 12.2. The Labute approximate surface area is 239 Å². The first-order chi connectivity index (χ1) is 19.4. The highest BCUT2D eigenvalue weighted by Gasteiger charge is 2.21. The molecule has 8 nitrogen and oxygen atoms in total. The molecule has 218 valence electrons. The molecule has 1 amide bonds. The van der Waals surface area contributed by atoms with Gasteiger partial charge < -0.3 is 24.1 Å². The minimum Gasteiger partial charge on any atom is -0.497 e. The molecular formula is C32H38FN3O5. The van der Waals surface area contributed by atoms with Gasteiger partial charge in [-0.1, -0.05) is 19.1 Å². The van der Waals surface area contributed by atoms with E-state index in [9.17, 15) is 9.59 Å². The number of hydrogen-bond acceptors (Lipinski definition) is 6. The Morgan fingerprint density at radius 1 is 1.07 bits per heavy atom. The SMILES string of the molecule is COc1ccc(Cn2c(=O)c3c(C)nccc3c3ccc(OCC(C)CC(C)NC(=O)OC(C)(C)C)c(F)c32)cc1. The van der Waals surface area contributed by atoms with Crippen LogP contribution in [0.4, 0.5) is 9.18 Å². The maximum absolute atomic E-state index is 16.2. The lowest BCUT2D eigenvalue weighted by atomic mass is 10.0. The summed E-state index contributed by atoms with van der Waals surface area (Å²) in [6, 6.07) is 12.3. The standard InChI is InChI=1S/C32H38FN3O5/c1-19(16-20(2)35-31(38)41-32(4,5)6)18-40-26-13-12-25-24-14-15-34-21(3)27(24)30(37)36(29(25)28(26)33)17-22-8-10-23(39-7)11-9-22/h8-15,19-20H,16-18H2,1-7H3,(H,35,38). The number of carbonyl (C=O) groups excluding carboxylic acids is 1. The van der Waals surface area contributed by atoms with Crippen molar-refractivity contribution in [2.24, 2.45) is 5.92 Å². The monoisotopic (exact) mass is 563 g/mol. The van der Waals surface area contributed by atoms with Crippen LogP contribution in [0.15, 0.2) is 53.5 Å². The first kappa shape index (κ1) is 29.8. The highest BCUT2D eigenvalue weighted by molar-refractivity contribution is 6.06. The van der Waals surface area contributed by atoms with E-state index in [4.69, 9.17) is 14.2 Å². The average molecular weight is 564 g/mol. The van der Waals surface area contributed by atoms with E-state index in [1.165, 1.54) is 4.57 Å². The van der Waals surface area contributed by atoms with E-state index in [-0.39, 0.29) is 41.9 Å². The van der Waals surface area contributed by atoms with Crippen molar-refractivity contribution < 1.29 is 23.4 Å². The average Bonchev–Trinajstić information content (AvgIpc) is 2.89. The topological polar surface area (TPSA) is 91.7 Å². The van der Waals surface area contributed by atoms with Gasteiger partial charge in [-0.05, 0) is 88.2 Å². The van der Waals surface area contributed by atoms with E-state index in [0.29, 0.717) is 34.0 Å². The molecule has 0 aliphatic rings. The lowest BCUT2D eigenvalue weighted by Gasteiger charge is -2.23. The van der Waals surface area contributed by atoms with Crippen molar-refractivity contribution in [3.05, 3.63) is 76.1 Å². The smallest absolute Gasteiger partial charge is 0.407 e. The summed E-state index contributed by atoms with van der Waals surface area (Å²) in [7, 11) is 1.59. The zero-order valence-corrected chi connectivity index (χ0v) is 24.7. The van der Waals surface area contributed by atoms with Gasteiger partial charge in [-0.2, -0.15) is 0 Å². The van der Waals surface area contributed by atoms with Crippen LogP contribution in [0.25, 0.3) is 21.7 Å². The fourth-order valence-corrected chi connectivity index (χ4v) is 4.97. The van der Waals surface area contributed by atoms with Crippen molar-refractivity contribution in [2.75, 3.05) is 13.7 Å². The largest absolute Gasteiger partial charge is 0.497 e. The lowest BCUT2D eigenvalue weighted by Crippen LogP contribution is -2.38. The number of halogens is 1. The first-order valence-corrected chi connectivity index (χ1v) is 13.7. The number of hydrogen-bond donors (Lipinski definition) is 1. The quantitative estimate of drug-likeness (QED) is 0.238. The van der Waals surface area contributed by atoms with Gasteiger partial charge in [-0.25, -0.2) is 9.18 Å². The Morgan fingerprint density at radius 3 is 2.44 bits per heavy atom. The Hall–Kier alpha value is -4.14. The minimum atomic E-state index is -0.600. The summed E-state index contributed by atoms with van der Waals surface area (Å²) in [5, 5.41) is 4.53. The molecule has 2 atom stereocenters. The number of nitrogens with zero attached hydrogens (tertiary/aromatic N) is 2. The second-order valence-electron chi connectivity index (χ2n) is 11.5. The van der Waals surface area contributed by atoms with Gasteiger partial charge in [0, 0.05) is 17.6 Å². The zero-order valence-electron chi connectivity index (χ0n) is 24.7. The van der Waals surface area contributed by atoms with Crippen molar-refractivity contribution in [3.63, 3.8) is 0 Å². The van der Waals surface area contributed by atoms with Crippen molar-refractivity contribution in [1.82, 2.24) is 14.9 Å². The lowest BCUT2D eigenvalue weighted by molar-refractivity contribution is 0.0500. The van der Waals surface area contributed by atoms with Crippen LogP contribution >= 0.6 is 0 Å². The Kier molecular flexibility index (Phi) is 8.85. The summed E-state index contributed by atoms with van der Waals surface area (Å²) in [6.07, 6.45) is 1.75. The van der Waals surface area contributed by atoms with Crippen molar-refractivity contribution in [1.29, 1.82) is 0 Å². The third-order valence-electron chi connectivity index (χ3n) is 6.78. The van der Waals surface area contributed by atoms with Gasteiger partial charge in [0.25, 0.3) is 5.56 Å². The number of aryl methyl sites for hydroxylation is 1. The van der Waals surface area contributed by atoms with Crippen LogP contribution in [-0.2, 0) is 11.3 Å². The molecule has 2 unspecified atom stereocenters. The molecule has 0 spiro atoms.